The summed E-state index contributed by atoms with van der Waals surface area (Å²) in [5.74, 6) is 1.77. The predicted molar refractivity (Wildman–Crippen MR) is 83.6 cm³/mol. The SMILES string of the molecule is CCCC(NC1=NC(C(C)C)CS1)c1cccs1. The molecule has 1 aliphatic rings. The average molecular weight is 282 g/mol. The Labute approximate surface area is 118 Å². The number of thiophene rings is 1. The Kier molecular flexibility index (Phi) is 5.13. The molecule has 100 valence electrons. The van der Waals surface area contributed by atoms with Crippen molar-refractivity contribution in [2.24, 2.45) is 10.9 Å². The first kappa shape index (κ1) is 13.9. The Morgan fingerprint density at radius 2 is 2.33 bits per heavy atom. The van der Waals surface area contributed by atoms with E-state index in [2.05, 4.69) is 43.6 Å². The Hall–Kier alpha value is -0.480. The number of nitrogens with zero attached hydrogens (tertiary/aromatic N) is 1. The van der Waals surface area contributed by atoms with Crippen LogP contribution in [0.2, 0.25) is 0 Å². The van der Waals surface area contributed by atoms with Gasteiger partial charge in [-0.1, -0.05) is 45.0 Å². The second kappa shape index (κ2) is 6.62. The maximum atomic E-state index is 4.79. The molecule has 2 unspecified atom stereocenters. The monoisotopic (exact) mass is 282 g/mol. The van der Waals surface area contributed by atoms with Gasteiger partial charge in [0.1, 0.15) is 0 Å². The van der Waals surface area contributed by atoms with Crippen LogP contribution in [-0.2, 0) is 0 Å². The van der Waals surface area contributed by atoms with E-state index in [1.165, 1.54) is 17.7 Å². The Morgan fingerprint density at radius 1 is 1.50 bits per heavy atom. The summed E-state index contributed by atoms with van der Waals surface area (Å²) >= 11 is 3.71. The lowest BCUT2D eigenvalue weighted by molar-refractivity contribution is 0.538. The molecule has 0 radical (unpaired) electrons. The highest BCUT2D eigenvalue weighted by Crippen LogP contribution is 2.27. The van der Waals surface area contributed by atoms with Gasteiger partial charge in [-0.05, 0) is 23.8 Å². The number of rotatable bonds is 5. The van der Waals surface area contributed by atoms with Crippen molar-refractivity contribution >= 4 is 28.3 Å². The van der Waals surface area contributed by atoms with Crippen LogP contribution in [-0.4, -0.2) is 17.0 Å². The summed E-state index contributed by atoms with van der Waals surface area (Å²) in [7, 11) is 0. The summed E-state index contributed by atoms with van der Waals surface area (Å²) in [5, 5.41) is 6.92. The molecular formula is C14H22N2S2. The lowest BCUT2D eigenvalue weighted by Gasteiger charge is -2.17. The molecule has 4 heteroatoms. The van der Waals surface area contributed by atoms with Gasteiger partial charge in [0, 0.05) is 10.6 Å². The van der Waals surface area contributed by atoms with Crippen molar-refractivity contribution in [3.05, 3.63) is 22.4 Å². The van der Waals surface area contributed by atoms with Gasteiger partial charge >= 0.3 is 0 Å². The van der Waals surface area contributed by atoms with E-state index in [4.69, 9.17) is 4.99 Å². The van der Waals surface area contributed by atoms with Crippen LogP contribution in [0.15, 0.2) is 22.5 Å². The van der Waals surface area contributed by atoms with E-state index in [0.717, 1.165) is 10.9 Å². The normalized spacial score (nSPS) is 21.1. The van der Waals surface area contributed by atoms with Crippen molar-refractivity contribution in [2.75, 3.05) is 5.75 Å². The molecule has 18 heavy (non-hydrogen) atoms. The minimum atomic E-state index is 0.437. The fraction of sp³-hybridized carbons (Fsp3) is 0.643. The van der Waals surface area contributed by atoms with Gasteiger partial charge < -0.3 is 5.32 Å². The molecule has 0 saturated carbocycles. The van der Waals surface area contributed by atoms with Crippen LogP contribution in [0, 0.1) is 5.92 Å². The maximum absolute atomic E-state index is 4.79. The smallest absolute Gasteiger partial charge is 0.157 e. The Bertz CT molecular complexity index is 385. The highest BCUT2D eigenvalue weighted by atomic mass is 32.2. The van der Waals surface area contributed by atoms with Crippen LogP contribution < -0.4 is 5.32 Å². The molecule has 1 aromatic heterocycles. The molecule has 0 aliphatic carbocycles. The highest BCUT2D eigenvalue weighted by molar-refractivity contribution is 8.14. The van der Waals surface area contributed by atoms with Crippen molar-refractivity contribution in [2.45, 2.75) is 45.7 Å². The standard InChI is InChI=1S/C14H22N2S2/c1-4-6-11(13-7-5-8-17-13)15-14-16-12(9-18-14)10(2)3/h5,7-8,10-12H,4,6,9H2,1-3H3,(H,15,16). The Morgan fingerprint density at radius 3 is 2.89 bits per heavy atom. The van der Waals surface area contributed by atoms with Gasteiger partial charge in [0.2, 0.25) is 0 Å². The topological polar surface area (TPSA) is 24.4 Å². The molecule has 0 amide bonds. The van der Waals surface area contributed by atoms with Gasteiger partial charge in [-0.15, -0.1) is 11.3 Å². The predicted octanol–water partition coefficient (Wildman–Crippen LogP) is 4.31. The molecule has 1 N–H and O–H groups in total. The van der Waals surface area contributed by atoms with Crippen LogP contribution in [0.5, 0.6) is 0 Å². The second-order valence-electron chi connectivity index (χ2n) is 5.06. The third kappa shape index (κ3) is 3.51. The molecule has 0 aromatic carbocycles. The van der Waals surface area contributed by atoms with Crippen molar-refractivity contribution < 1.29 is 0 Å². The quantitative estimate of drug-likeness (QED) is 0.870. The van der Waals surface area contributed by atoms with E-state index in [9.17, 15) is 0 Å². The van der Waals surface area contributed by atoms with E-state index in [1.54, 1.807) is 0 Å². The lowest BCUT2D eigenvalue weighted by atomic mass is 10.1. The van der Waals surface area contributed by atoms with Crippen molar-refractivity contribution in [1.29, 1.82) is 0 Å². The fourth-order valence-corrected chi connectivity index (χ4v) is 4.06. The highest BCUT2D eigenvalue weighted by Gasteiger charge is 2.23. The zero-order valence-corrected chi connectivity index (χ0v) is 13.0. The molecule has 0 fully saturated rings. The molecule has 0 spiro atoms. The van der Waals surface area contributed by atoms with Gasteiger partial charge in [0.15, 0.2) is 5.17 Å². The zero-order valence-electron chi connectivity index (χ0n) is 11.3. The average Bonchev–Trinajstić information content (AvgIpc) is 2.99. The second-order valence-corrected chi connectivity index (χ2v) is 7.05. The van der Waals surface area contributed by atoms with E-state index >= 15 is 0 Å². The van der Waals surface area contributed by atoms with Gasteiger partial charge in [0.25, 0.3) is 0 Å². The van der Waals surface area contributed by atoms with E-state index in [1.807, 2.05) is 23.1 Å². The third-order valence-electron chi connectivity index (χ3n) is 3.21. The van der Waals surface area contributed by atoms with Crippen molar-refractivity contribution in [3.8, 4) is 0 Å². The molecule has 2 rings (SSSR count). The van der Waals surface area contributed by atoms with Gasteiger partial charge in [-0.25, -0.2) is 0 Å². The number of aliphatic imine (C=N–C) groups is 1. The number of hydrogen-bond donors (Lipinski definition) is 1. The summed E-state index contributed by atoms with van der Waals surface area (Å²) in [4.78, 5) is 6.22. The van der Waals surface area contributed by atoms with E-state index in [0.29, 0.717) is 18.0 Å². The molecule has 1 aromatic rings. The van der Waals surface area contributed by atoms with Crippen molar-refractivity contribution in [1.82, 2.24) is 5.32 Å². The van der Waals surface area contributed by atoms with E-state index in [-0.39, 0.29) is 0 Å². The largest absolute Gasteiger partial charge is 0.357 e. The molecule has 1 aliphatic heterocycles. The van der Waals surface area contributed by atoms with Crippen LogP contribution in [0.25, 0.3) is 0 Å². The first-order valence-electron chi connectivity index (χ1n) is 6.71. The number of nitrogens with one attached hydrogen (secondary N) is 1. The third-order valence-corrected chi connectivity index (χ3v) is 5.20. The molecule has 2 heterocycles. The zero-order chi connectivity index (χ0) is 13.0. The summed E-state index contributed by atoms with van der Waals surface area (Å²) in [6.45, 7) is 6.74. The van der Waals surface area contributed by atoms with Crippen LogP contribution in [0.4, 0.5) is 0 Å². The van der Waals surface area contributed by atoms with Crippen LogP contribution in [0.1, 0.15) is 44.5 Å². The first-order chi connectivity index (χ1) is 8.70. The van der Waals surface area contributed by atoms with Crippen LogP contribution in [0.3, 0.4) is 0 Å². The number of amidine groups is 1. The Balaban J connectivity index is 2.00. The minimum Gasteiger partial charge on any atom is -0.357 e. The fourth-order valence-electron chi connectivity index (χ4n) is 2.02. The summed E-state index contributed by atoms with van der Waals surface area (Å²) in [5.41, 5.74) is 0. The maximum Gasteiger partial charge on any atom is 0.157 e. The summed E-state index contributed by atoms with van der Waals surface area (Å²) in [6, 6.07) is 5.28. The minimum absolute atomic E-state index is 0.437. The lowest BCUT2D eigenvalue weighted by Crippen LogP contribution is -2.24. The number of thioether (sulfide) groups is 1. The van der Waals surface area contributed by atoms with Gasteiger partial charge in [-0.2, -0.15) is 0 Å². The summed E-state index contributed by atoms with van der Waals surface area (Å²) in [6.07, 6.45) is 2.37. The number of hydrogen-bond acceptors (Lipinski definition) is 4. The van der Waals surface area contributed by atoms with Gasteiger partial charge in [-0.3, -0.25) is 4.99 Å². The molecule has 0 bridgehead atoms. The molecular weight excluding hydrogens is 260 g/mol. The van der Waals surface area contributed by atoms with E-state index < -0.39 is 0 Å². The van der Waals surface area contributed by atoms with Crippen molar-refractivity contribution in [3.63, 3.8) is 0 Å². The molecule has 2 atom stereocenters. The molecule has 2 nitrogen and oxygen atoms in total. The van der Waals surface area contributed by atoms with Crippen LogP contribution >= 0.6 is 23.1 Å². The summed E-state index contributed by atoms with van der Waals surface area (Å²) < 4.78 is 0. The van der Waals surface area contributed by atoms with Gasteiger partial charge in [0.05, 0.1) is 12.1 Å². The molecule has 0 saturated heterocycles. The first-order valence-corrected chi connectivity index (χ1v) is 8.57.